The third-order valence-electron chi connectivity index (χ3n) is 4.05. The molecule has 2 N–H and O–H groups in total. The second-order valence-electron chi connectivity index (χ2n) is 5.38. The van der Waals surface area contributed by atoms with Gasteiger partial charge in [-0.1, -0.05) is 25.5 Å². The Kier molecular flexibility index (Phi) is 5.89. The summed E-state index contributed by atoms with van der Waals surface area (Å²) in [5.74, 6) is 0.777. The van der Waals surface area contributed by atoms with Crippen molar-refractivity contribution in [2.45, 2.75) is 38.6 Å². The van der Waals surface area contributed by atoms with Crippen LogP contribution in [0.2, 0.25) is 0 Å². The Balaban J connectivity index is 1.77. The lowest BCUT2D eigenvalue weighted by Gasteiger charge is -2.34. The van der Waals surface area contributed by atoms with Gasteiger partial charge in [-0.15, -0.1) is 0 Å². The molecule has 110 valence electrons. The van der Waals surface area contributed by atoms with Crippen LogP contribution >= 0.6 is 0 Å². The fourth-order valence-electron chi connectivity index (χ4n) is 2.83. The summed E-state index contributed by atoms with van der Waals surface area (Å²) in [6.07, 6.45) is 5.16. The number of likely N-dealkylation sites (tertiary alicyclic amines) is 1. The third-order valence-corrected chi connectivity index (χ3v) is 4.05. The summed E-state index contributed by atoms with van der Waals surface area (Å²) in [6, 6.07) is 7.62. The zero-order valence-corrected chi connectivity index (χ0v) is 12.2. The zero-order valence-electron chi connectivity index (χ0n) is 12.2. The van der Waals surface area contributed by atoms with Gasteiger partial charge in [0.25, 0.3) is 0 Å². The lowest BCUT2D eigenvalue weighted by molar-refractivity contribution is 0.120. The lowest BCUT2D eigenvalue weighted by atomic mass is 9.80. The van der Waals surface area contributed by atoms with Crippen LogP contribution in [0.5, 0.6) is 5.75 Å². The molecule has 1 unspecified atom stereocenters. The summed E-state index contributed by atoms with van der Waals surface area (Å²) in [5, 5.41) is 18.1. The summed E-state index contributed by atoms with van der Waals surface area (Å²) in [4.78, 5) is 2.52. The molecule has 1 aliphatic rings. The highest BCUT2D eigenvalue weighted by Crippen LogP contribution is 2.19. The molecule has 0 bridgehead atoms. The topological polar surface area (TPSA) is 52.9 Å². The molecule has 5 heteroatoms. The molecule has 0 aliphatic carbocycles. The Morgan fingerprint density at radius 3 is 2.65 bits per heavy atom. The zero-order chi connectivity index (χ0) is 14.4. The van der Waals surface area contributed by atoms with E-state index in [9.17, 15) is 0 Å². The van der Waals surface area contributed by atoms with E-state index in [1.807, 2.05) is 0 Å². The van der Waals surface area contributed by atoms with Crippen LogP contribution in [0.1, 0.15) is 32.6 Å². The van der Waals surface area contributed by atoms with E-state index < -0.39 is 7.12 Å². The summed E-state index contributed by atoms with van der Waals surface area (Å²) >= 11 is 0. The van der Waals surface area contributed by atoms with Gasteiger partial charge in [0.2, 0.25) is 0 Å². The summed E-state index contributed by atoms with van der Waals surface area (Å²) in [7, 11) is -1.41. The van der Waals surface area contributed by atoms with Crippen molar-refractivity contribution in [3.8, 4) is 5.75 Å². The second-order valence-corrected chi connectivity index (χ2v) is 5.38. The van der Waals surface area contributed by atoms with Gasteiger partial charge >= 0.3 is 7.12 Å². The number of piperidine rings is 1. The van der Waals surface area contributed by atoms with Crippen molar-refractivity contribution in [3.05, 3.63) is 24.3 Å². The summed E-state index contributed by atoms with van der Waals surface area (Å²) in [5.41, 5.74) is 0.486. The normalized spacial score (nSPS) is 19.9. The molecule has 1 fully saturated rings. The fourth-order valence-corrected chi connectivity index (χ4v) is 2.83. The highest BCUT2D eigenvalue weighted by molar-refractivity contribution is 6.58. The highest BCUT2D eigenvalue weighted by Gasteiger charge is 2.20. The van der Waals surface area contributed by atoms with E-state index in [1.54, 1.807) is 24.3 Å². The van der Waals surface area contributed by atoms with E-state index in [1.165, 1.54) is 32.2 Å². The molecule has 0 amide bonds. The largest absolute Gasteiger partial charge is 0.492 e. The van der Waals surface area contributed by atoms with Crippen molar-refractivity contribution in [2.75, 3.05) is 19.7 Å². The highest BCUT2D eigenvalue weighted by atomic mass is 16.5. The average Bonchev–Trinajstić information content (AvgIpc) is 2.48. The van der Waals surface area contributed by atoms with Crippen LogP contribution in [0.4, 0.5) is 0 Å². The van der Waals surface area contributed by atoms with Gasteiger partial charge in [0.1, 0.15) is 12.4 Å². The molecular weight excluding hydrogens is 253 g/mol. The van der Waals surface area contributed by atoms with Gasteiger partial charge < -0.3 is 14.8 Å². The van der Waals surface area contributed by atoms with Gasteiger partial charge in [-0.05, 0) is 43.4 Å². The number of ether oxygens (including phenoxy) is 1. The van der Waals surface area contributed by atoms with Crippen molar-refractivity contribution >= 4 is 12.6 Å². The van der Waals surface area contributed by atoms with Crippen molar-refractivity contribution in [3.63, 3.8) is 0 Å². The van der Waals surface area contributed by atoms with Gasteiger partial charge in [0.15, 0.2) is 0 Å². The van der Waals surface area contributed by atoms with Crippen LogP contribution in [-0.4, -0.2) is 47.8 Å². The fraction of sp³-hybridized carbons (Fsp3) is 0.600. The Labute approximate surface area is 121 Å². The second kappa shape index (κ2) is 7.67. The maximum atomic E-state index is 9.03. The summed E-state index contributed by atoms with van der Waals surface area (Å²) in [6.45, 7) is 5.07. The van der Waals surface area contributed by atoms with Crippen LogP contribution in [0.3, 0.4) is 0 Å². The average molecular weight is 277 g/mol. The molecular formula is C15H24BNO3. The smallest absolute Gasteiger partial charge is 0.488 e. The monoisotopic (exact) mass is 277 g/mol. The van der Waals surface area contributed by atoms with E-state index in [-0.39, 0.29) is 0 Å². The minimum atomic E-state index is -1.41. The van der Waals surface area contributed by atoms with E-state index in [0.29, 0.717) is 18.1 Å². The van der Waals surface area contributed by atoms with Gasteiger partial charge in [-0.2, -0.15) is 0 Å². The van der Waals surface area contributed by atoms with Crippen molar-refractivity contribution < 1.29 is 14.8 Å². The van der Waals surface area contributed by atoms with E-state index in [2.05, 4.69) is 11.8 Å². The number of hydrogen-bond acceptors (Lipinski definition) is 4. The number of nitrogens with zero attached hydrogens (tertiary/aromatic N) is 1. The van der Waals surface area contributed by atoms with Crippen LogP contribution in [0, 0.1) is 0 Å². The number of benzene rings is 1. The molecule has 1 saturated heterocycles. The van der Waals surface area contributed by atoms with Gasteiger partial charge in [0.05, 0.1) is 0 Å². The predicted molar refractivity (Wildman–Crippen MR) is 81.3 cm³/mol. The van der Waals surface area contributed by atoms with E-state index in [4.69, 9.17) is 14.8 Å². The van der Waals surface area contributed by atoms with Crippen molar-refractivity contribution in [1.29, 1.82) is 0 Å². The molecule has 20 heavy (non-hydrogen) atoms. The standard InChI is InChI=1S/C15H24BNO3/c1-2-14-5-3-4-10-17(14)11-12-20-15-8-6-13(7-9-15)16(18)19/h6-9,14,18-19H,2-5,10-12H2,1H3. The molecule has 1 aliphatic heterocycles. The minimum absolute atomic E-state index is 0.486. The number of rotatable bonds is 6. The third kappa shape index (κ3) is 4.23. The van der Waals surface area contributed by atoms with Crippen LogP contribution in [-0.2, 0) is 0 Å². The molecule has 0 aromatic heterocycles. The van der Waals surface area contributed by atoms with Gasteiger partial charge in [0, 0.05) is 12.6 Å². The van der Waals surface area contributed by atoms with Crippen LogP contribution in [0.15, 0.2) is 24.3 Å². The first-order valence-electron chi connectivity index (χ1n) is 7.53. The van der Waals surface area contributed by atoms with Gasteiger partial charge in [-0.3, -0.25) is 4.90 Å². The summed E-state index contributed by atoms with van der Waals surface area (Å²) < 4.78 is 5.73. The molecule has 4 nitrogen and oxygen atoms in total. The quantitative estimate of drug-likeness (QED) is 0.762. The molecule has 0 spiro atoms. The molecule has 0 radical (unpaired) electrons. The number of hydrogen-bond donors (Lipinski definition) is 2. The molecule has 1 atom stereocenters. The van der Waals surface area contributed by atoms with Crippen LogP contribution < -0.4 is 10.2 Å². The molecule has 2 rings (SSSR count). The molecule has 1 aromatic rings. The first-order valence-corrected chi connectivity index (χ1v) is 7.53. The molecule has 1 heterocycles. The maximum absolute atomic E-state index is 9.03. The SMILES string of the molecule is CCC1CCCCN1CCOc1ccc(B(O)O)cc1. The minimum Gasteiger partial charge on any atom is -0.492 e. The van der Waals surface area contributed by atoms with Gasteiger partial charge in [-0.25, -0.2) is 0 Å². The Bertz CT molecular complexity index is 397. The Hall–Kier alpha value is -1.04. The van der Waals surface area contributed by atoms with Crippen LogP contribution in [0.25, 0.3) is 0 Å². The molecule has 0 saturated carbocycles. The van der Waals surface area contributed by atoms with Crippen molar-refractivity contribution in [2.24, 2.45) is 0 Å². The predicted octanol–water partition coefficient (Wildman–Crippen LogP) is 1.01. The van der Waals surface area contributed by atoms with E-state index >= 15 is 0 Å². The first kappa shape index (κ1) is 15.4. The lowest BCUT2D eigenvalue weighted by Crippen LogP contribution is -2.41. The van der Waals surface area contributed by atoms with E-state index in [0.717, 1.165) is 12.3 Å². The first-order chi connectivity index (χ1) is 9.70. The molecule has 1 aromatic carbocycles. The Morgan fingerprint density at radius 2 is 2.00 bits per heavy atom. The Morgan fingerprint density at radius 1 is 1.25 bits per heavy atom. The van der Waals surface area contributed by atoms with Crippen molar-refractivity contribution in [1.82, 2.24) is 4.90 Å². The maximum Gasteiger partial charge on any atom is 0.488 e.